The van der Waals surface area contributed by atoms with E-state index in [9.17, 15) is 18.7 Å². The molecule has 2 aromatic rings. The molecule has 0 fully saturated rings. The van der Waals surface area contributed by atoms with Crippen LogP contribution < -0.4 is 5.32 Å². The van der Waals surface area contributed by atoms with Gasteiger partial charge in [0.15, 0.2) is 11.6 Å². The predicted molar refractivity (Wildman–Crippen MR) is 71.5 cm³/mol. The molecule has 20 heavy (non-hydrogen) atoms. The number of aromatic hydroxyl groups is 1. The number of phenols is 1. The number of benzene rings is 2. The second-order valence-electron chi connectivity index (χ2n) is 4.22. The summed E-state index contributed by atoms with van der Waals surface area (Å²) in [5.74, 6) is -2.40. The van der Waals surface area contributed by atoms with Crippen LogP contribution in [-0.2, 0) is 0 Å². The van der Waals surface area contributed by atoms with Gasteiger partial charge in [0.2, 0.25) is 0 Å². The van der Waals surface area contributed by atoms with E-state index in [4.69, 9.17) is 0 Å². The minimum Gasteiger partial charge on any atom is -0.505 e. The summed E-state index contributed by atoms with van der Waals surface area (Å²) in [5, 5.41) is 11.8. The number of carbonyl (C=O) groups is 1. The lowest BCUT2D eigenvalue weighted by Gasteiger charge is -2.07. The maximum absolute atomic E-state index is 13.9. The number of rotatable bonds is 3. The molecule has 104 valence electrons. The fourth-order valence-electron chi connectivity index (χ4n) is 1.83. The van der Waals surface area contributed by atoms with Crippen molar-refractivity contribution in [1.82, 2.24) is 5.32 Å². The molecule has 0 aromatic heterocycles. The van der Waals surface area contributed by atoms with Crippen molar-refractivity contribution in [3.05, 3.63) is 53.6 Å². The molecule has 0 unspecified atom stereocenters. The van der Waals surface area contributed by atoms with Crippen molar-refractivity contribution < 1.29 is 18.7 Å². The van der Waals surface area contributed by atoms with Gasteiger partial charge >= 0.3 is 0 Å². The van der Waals surface area contributed by atoms with E-state index >= 15 is 0 Å². The van der Waals surface area contributed by atoms with E-state index in [1.807, 2.05) is 0 Å². The normalized spacial score (nSPS) is 10.3. The zero-order valence-corrected chi connectivity index (χ0v) is 10.8. The van der Waals surface area contributed by atoms with Crippen LogP contribution in [0.2, 0.25) is 0 Å². The summed E-state index contributed by atoms with van der Waals surface area (Å²) in [4.78, 5) is 11.6. The quantitative estimate of drug-likeness (QED) is 0.905. The third-order valence-electron chi connectivity index (χ3n) is 2.83. The summed E-state index contributed by atoms with van der Waals surface area (Å²) in [5.41, 5.74) is 0.859. The molecule has 0 aliphatic rings. The van der Waals surface area contributed by atoms with Crippen molar-refractivity contribution >= 4 is 5.91 Å². The molecule has 0 saturated heterocycles. The van der Waals surface area contributed by atoms with Gasteiger partial charge in [-0.15, -0.1) is 0 Å². The van der Waals surface area contributed by atoms with E-state index in [1.165, 1.54) is 24.3 Å². The molecular formula is C15H13F2NO2. The standard InChI is InChI=1S/C15H13F2NO2/c1-2-18-15(20)11-5-3-9(7-13(11)17)10-4-6-12(16)14(19)8-10/h3-8,19H,2H2,1H3,(H,18,20). The summed E-state index contributed by atoms with van der Waals surface area (Å²) >= 11 is 0. The van der Waals surface area contributed by atoms with Gasteiger partial charge in [-0.2, -0.15) is 0 Å². The lowest BCUT2D eigenvalue weighted by Crippen LogP contribution is -2.23. The second-order valence-corrected chi connectivity index (χ2v) is 4.22. The lowest BCUT2D eigenvalue weighted by atomic mass is 10.0. The van der Waals surface area contributed by atoms with Gasteiger partial charge in [-0.1, -0.05) is 12.1 Å². The molecule has 0 radical (unpaired) electrons. The zero-order chi connectivity index (χ0) is 14.7. The Morgan fingerprint density at radius 2 is 1.75 bits per heavy atom. The van der Waals surface area contributed by atoms with Crippen LogP contribution in [0, 0.1) is 11.6 Å². The Balaban J connectivity index is 2.37. The van der Waals surface area contributed by atoms with E-state index in [0.717, 1.165) is 6.07 Å². The molecule has 0 heterocycles. The Labute approximate surface area is 114 Å². The molecule has 0 aliphatic heterocycles. The third kappa shape index (κ3) is 2.77. The van der Waals surface area contributed by atoms with Gasteiger partial charge in [0.25, 0.3) is 5.91 Å². The van der Waals surface area contributed by atoms with Gasteiger partial charge in [0.05, 0.1) is 5.56 Å². The molecule has 0 spiro atoms. The van der Waals surface area contributed by atoms with Crippen LogP contribution in [0.5, 0.6) is 5.75 Å². The third-order valence-corrected chi connectivity index (χ3v) is 2.83. The van der Waals surface area contributed by atoms with Crippen molar-refractivity contribution in [3.63, 3.8) is 0 Å². The summed E-state index contributed by atoms with van der Waals surface area (Å²) in [6.07, 6.45) is 0. The van der Waals surface area contributed by atoms with Gasteiger partial charge in [-0.3, -0.25) is 4.79 Å². The molecule has 0 saturated carbocycles. The van der Waals surface area contributed by atoms with Crippen molar-refractivity contribution in [2.75, 3.05) is 6.54 Å². The molecule has 0 atom stereocenters. The Morgan fingerprint density at radius 3 is 2.35 bits per heavy atom. The van der Waals surface area contributed by atoms with Crippen LogP contribution in [-0.4, -0.2) is 17.6 Å². The van der Waals surface area contributed by atoms with E-state index in [-0.39, 0.29) is 5.56 Å². The molecule has 2 N–H and O–H groups in total. The SMILES string of the molecule is CCNC(=O)c1ccc(-c2ccc(F)c(O)c2)cc1F. The van der Waals surface area contributed by atoms with Crippen molar-refractivity contribution in [3.8, 4) is 16.9 Å². The summed E-state index contributed by atoms with van der Waals surface area (Å²) < 4.78 is 26.9. The topological polar surface area (TPSA) is 49.3 Å². The highest BCUT2D eigenvalue weighted by molar-refractivity contribution is 5.95. The van der Waals surface area contributed by atoms with Gasteiger partial charge in [-0.25, -0.2) is 8.78 Å². The fourth-order valence-corrected chi connectivity index (χ4v) is 1.83. The molecule has 2 rings (SSSR count). The van der Waals surface area contributed by atoms with Crippen molar-refractivity contribution in [2.24, 2.45) is 0 Å². The van der Waals surface area contributed by atoms with Crippen LogP contribution in [0.25, 0.3) is 11.1 Å². The Hall–Kier alpha value is -2.43. The molecule has 0 aliphatic carbocycles. The molecule has 2 aromatic carbocycles. The summed E-state index contributed by atoms with van der Waals surface area (Å²) in [6.45, 7) is 2.15. The lowest BCUT2D eigenvalue weighted by molar-refractivity contribution is 0.0952. The number of hydrogen-bond acceptors (Lipinski definition) is 2. The minimum absolute atomic E-state index is 0.0538. The first-order valence-electron chi connectivity index (χ1n) is 6.09. The van der Waals surface area contributed by atoms with Crippen LogP contribution in [0.4, 0.5) is 8.78 Å². The van der Waals surface area contributed by atoms with Gasteiger partial charge in [-0.05, 0) is 42.3 Å². The van der Waals surface area contributed by atoms with Gasteiger partial charge in [0, 0.05) is 6.54 Å². The first kappa shape index (κ1) is 14.0. The van der Waals surface area contributed by atoms with E-state index < -0.39 is 23.3 Å². The highest BCUT2D eigenvalue weighted by atomic mass is 19.1. The van der Waals surface area contributed by atoms with Gasteiger partial charge < -0.3 is 10.4 Å². The highest BCUT2D eigenvalue weighted by Gasteiger charge is 2.12. The molecular weight excluding hydrogens is 264 g/mol. The number of amides is 1. The van der Waals surface area contributed by atoms with Crippen molar-refractivity contribution in [2.45, 2.75) is 6.92 Å². The van der Waals surface area contributed by atoms with E-state index in [2.05, 4.69) is 5.32 Å². The minimum atomic E-state index is -0.742. The summed E-state index contributed by atoms with van der Waals surface area (Å²) in [7, 11) is 0. The monoisotopic (exact) mass is 277 g/mol. The first-order chi connectivity index (χ1) is 9.52. The van der Waals surface area contributed by atoms with Crippen LogP contribution >= 0.6 is 0 Å². The van der Waals surface area contributed by atoms with E-state index in [1.54, 1.807) is 13.0 Å². The molecule has 0 bridgehead atoms. The Morgan fingerprint density at radius 1 is 1.10 bits per heavy atom. The maximum Gasteiger partial charge on any atom is 0.254 e. The molecule has 1 amide bonds. The van der Waals surface area contributed by atoms with Crippen molar-refractivity contribution in [1.29, 1.82) is 0 Å². The Kier molecular flexibility index (Phi) is 3.98. The Bertz CT molecular complexity index is 656. The zero-order valence-electron chi connectivity index (χ0n) is 10.8. The van der Waals surface area contributed by atoms with Crippen LogP contribution in [0.3, 0.4) is 0 Å². The molecule has 5 heteroatoms. The van der Waals surface area contributed by atoms with Crippen LogP contribution in [0.15, 0.2) is 36.4 Å². The first-order valence-corrected chi connectivity index (χ1v) is 6.09. The van der Waals surface area contributed by atoms with Gasteiger partial charge in [0.1, 0.15) is 5.82 Å². The number of carbonyl (C=O) groups excluding carboxylic acids is 1. The number of nitrogens with one attached hydrogen (secondary N) is 1. The second kappa shape index (κ2) is 5.69. The maximum atomic E-state index is 13.9. The predicted octanol–water partition coefficient (Wildman–Crippen LogP) is 3.09. The highest BCUT2D eigenvalue weighted by Crippen LogP contribution is 2.26. The average molecular weight is 277 g/mol. The van der Waals surface area contributed by atoms with E-state index in [0.29, 0.717) is 17.7 Å². The largest absolute Gasteiger partial charge is 0.505 e. The smallest absolute Gasteiger partial charge is 0.254 e. The fraction of sp³-hybridized carbons (Fsp3) is 0.133. The average Bonchev–Trinajstić information content (AvgIpc) is 2.42. The summed E-state index contributed by atoms with van der Waals surface area (Å²) in [6, 6.07) is 7.80. The van der Waals surface area contributed by atoms with Crippen LogP contribution in [0.1, 0.15) is 17.3 Å². The number of halogens is 2. The number of phenolic OH excluding ortho intramolecular Hbond substituents is 1. The molecule has 3 nitrogen and oxygen atoms in total. The number of hydrogen-bond donors (Lipinski definition) is 2.